The van der Waals surface area contributed by atoms with E-state index in [1.807, 2.05) is 24.3 Å². The third-order valence-electron chi connectivity index (χ3n) is 3.36. The summed E-state index contributed by atoms with van der Waals surface area (Å²) in [5.41, 5.74) is 1.62. The second-order valence-electron chi connectivity index (χ2n) is 5.18. The van der Waals surface area contributed by atoms with Gasteiger partial charge in [0.15, 0.2) is 0 Å². The average Bonchev–Trinajstić information content (AvgIpc) is 2.92. The van der Waals surface area contributed by atoms with Gasteiger partial charge in [0.1, 0.15) is 17.4 Å². The number of carbonyl (C=O) groups excluding carboxylic acids is 2. The molecule has 0 spiro atoms. The van der Waals surface area contributed by atoms with Gasteiger partial charge in [-0.05, 0) is 31.0 Å². The molecule has 1 amide bonds. The number of ether oxygens (including phenoxy) is 1. The molecule has 6 nitrogen and oxygen atoms in total. The molecule has 0 unspecified atom stereocenters. The van der Waals surface area contributed by atoms with Gasteiger partial charge in [-0.25, -0.2) is 4.98 Å². The molecule has 0 fully saturated rings. The standard InChI is InChI=1S/C17H20N2O4S/c1-3-12-4-6-13(7-5-12)23-9-8-18-14(20)10-15-19-11(2)16(24-15)17(21)22/h4-7H,3,8-10H2,1-2H3,(H,18,20)(H,21,22)/p-1. The van der Waals surface area contributed by atoms with E-state index in [0.717, 1.165) is 23.5 Å². The van der Waals surface area contributed by atoms with E-state index < -0.39 is 5.97 Å². The first kappa shape index (κ1) is 17.9. The molecule has 2 rings (SSSR count). The van der Waals surface area contributed by atoms with Crippen molar-refractivity contribution in [3.63, 3.8) is 0 Å². The first-order valence-electron chi connectivity index (χ1n) is 7.65. The van der Waals surface area contributed by atoms with Crippen molar-refractivity contribution in [3.05, 3.63) is 45.4 Å². The number of rotatable bonds is 8. The number of carbonyl (C=O) groups is 2. The molecule has 1 heterocycles. The summed E-state index contributed by atoms with van der Waals surface area (Å²) >= 11 is 0.970. The highest BCUT2D eigenvalue weighted by atomic mass is 32.1. The van der Waals surface area contributed by atoms with E-state index in [1.54, 1.807) is 6.92 Å². The van der Waals surface area contributed by atoms with Crippen molar-refractivity contribution in [2.75, 3.05) is 13.2 Å². The first-order valence-corrected chi connectivity index (χ1v) is 8.47. The topological polar surface area (TPSA) is 91.3 Å². The summed E-state index contributed by atoms with van der Waals surface area (Å²) in [7, 11) is 0. The first-order chi connectivity index (χ1) is 11.5. The molecule has 1 aromatic heterocycles. The van der Waals surface area contributed by atoms with Crippen molar-refractivity contribution in [1.82, 2.24) is 10.3 Å². The second kappa shape index (κ2) is 8.44. The Balaban J connectivity index is 1.73. The molecule has 0 aliphatic heterocycles. The zero-order valence-corrected chi connectivity index (χ0v) is 14.4. The number of nitrogens with zero attached hydrogens (tertiary/aromatic N) is 1. The number of nitrogens with one attached hydrogen (secondary N) is 1. The van der Waals surface area contributed by atoms with Gasteiger partial charge >= 0.3 is 0 Å². The number of carboxylic acid groups (broad SMARTS) is 1. The lowest BCUT2D eigenvalue weighted by molar-refractivity contribution is -0.254. The molecule has 0 bridgehead atoms. The Labute approximate surface area is 144 Å². The Bertz CT molecular complexity index is 710. The van der Waals surface area contributed by atoms with Gasteiger partial charge in [-0.15, -0.1) is 11.3 Å². The summed E-state index contributed by atoms with van der Waals surface area (Å²) < 4.78 is 5.55. The molecule has 0 saturated heterocycles. The second-order valence-corrected chi connectivity index (χ2v) is 6.27. The number of hydrogen-bond donors (Lipinski definition) is 1. The summed E-state index contributed by atoms with van der Waals surface area (Å²) in [6, 6.07) is 7.82. The summed E-state index contributed by atoms with van der Waals surface area (Å²) in [6.45, 7) is 4.40. The monoisotopic (exact) mass is 347 g/mol. The fourth-order valence-corrected chi connectivity index (χ4v) is 3.00. The van der Waals surface area contributed by atoms with Gasteiger partial charge in [0.05, 0.1) is 29.5 Å². The van der Waals surface area contributed by atoms with Crippen molar-refractivity contribution < 1.29 is 19.4 Å². The Morgan fingerprint density at radius 3 is 2.58 bits per heavy atom. The summed E-state index contributed by atoms with van der Waals surface area (Å²) in [5, 5.41) is 14.0. The predicted molar refractivity (Wildman–Crippen MR) is 89.2 cm³/mol. The minimum atomic E-state index is -1.26. The summed E-state index contributed by atoms with van der Waals surface area (Å²) in [5.74, 6) is -0.728. The Kier molecular flexibility index (Phi) is 6.31. The van der Waals surface area contributed by atoms with Crippen molar-refractivity contribution in [2.24, 2.45) is 0 Å². The maximum atomic E-state index is 11.8. The lowest BCUT2D eigenvalue weighted by atomic mass is 10.2. The molecule has 0 aliphatic carbocycles. The van der Waals surface area contributed by atoms with Crippen molar-refractivity contribution in [3.8, 4) is 5.75 Å². The lowest BCUT2D eigenvalue weighted by Gasteiger charge is -2.08. The summed E-state index contributed by atoms with van der Waals surface area (Å²) in [6.07, 6.45) is 1.02. The zero-order valence-electron chi connectivity index (χ0n) is 13.6. The van der Waals surface area contributed by atoms with Crippen LogP contribution in [0.1, 0.15) is 32.9 Å². The fourth-order valence-electron chi connectivity index (χ4n) is 2.10. The number of aromatic carboxylic acids is 1. The molecule has 1 N–H and O–H groups in total. The van der Waals surface area contributed by atoms with Crippen LogP contribution in [-0.4, -0.2) is 30.0 Å². The molecule has 0 atom stereocenters. The third-order valence-corrected chi connectivity index (χ3v) is 4.50. The third kappa shape index (κ3) is 5.06. The van der Waals surface area contributed by atoms with Crippen LogP contribution in [0.4, 0.5) is 0 Å². The minimum Gasteiger partial charge on any atom is -0.544 e. The van der Waals surface area contributed by atoms with Crippen LogP contribution in [-0.2, 0) is 17.6 Å². The molecule has 128 valence electrons. The van der Waals surface area contributed by atoms with E-state index in [1.165, 1.54) is 5.56 Å². The Hall–Kier alpha value is -2.41. The number of aromatic nitrogens is 1. The number of benzene rings is 1. The maximum Gasteiger partial charge on any atom is 0.226 e. The van der Waals surface area contributed by atoms with Gasteiger partial charge in [-0.1, -0.05) is 19.1 Å². The van der Waals surface area contributed by atoms with Gasteiger partial charge in [-0.3, -0.25) is 4.79 Å². The number of carboxylic acids is 1. The van der Waals surface area contributed by atoms with Crippen LogP contribution in [0, 0.1) is 6.92 Å². The van der Waals surface area contributed by atoms with E-state index in [-0.39, 0.29) is 17.2 Å². The molecule has 0 radical (unpaired) electrons. The van der Waals surface area contributed by atoms with E-state index in [2.05, 4.69) is 17.2 Å². The summed E-state index contributed by atoms with van der Waals surface area (Å²) in [4.78, 5) is 26.8. The normalized spacial score (nSPS) is 10.4. The number of hydrogen-bond acceptors (Lipinski definition) is 6. The van der Waals surface area contributed by atoms with Gasteiger partial charge in [-0.2, -0.15) is 0 Å². The smallest absolute Gasteiger partial charge is 0.226 e. The van der Waals surface area contributed by atoms with Crippen molar-refractivity contribution in [1.29, 1.82) is 0 Å². The highest BCUT2D eigenvalue weighted by Gasteiger charge is 2.11. The fraction of sp³-hybridized carbons (Fsp3) is 0.353. The zero-order chi connectivity index (χ0) is 17.5. The van der Waals surface area contributed by atoms with Crippen LogP contribution >= 0.6 is 11.3 Å². The molecule has 24 heavy (non-hydrogen) atoms. The van der Waals surface area contributed by atoms with Gasteiger partial charge in [0.25, 0.3) is 0 Å². The highest BCUT2D eigenvalue weighted by molar-refractivity contribution is 7.13. The predicted octanol–water partition coefficient (Wildman–Crippen LogP) is 1.12. The van der Waals surface area contributed by atoms with Gasteiger partial charge < -0.3 is 20.0 Å². The molecule has 7 heteroatoms. The van der Waals surface area contributed by atoms with Crippen LogP contribution in [0.15, 0.2) is 24.3 Å². The number of aryl methyl sites for hydroxylation is 2. The quantitative estimate of drug-likeness (QED) is 0.723. The molecular formula is C17H19N2O4S-. The van der Waals surface area contributed by atoms with Crippen molar-refractivity contribution in [2.45, 2.75) is 26.7 Å². The van der Waals surface area contributed by atoms with E-state index in [9.17, 15) is 14.7 Å². The lowest BCUT2D eigenvalue weighted by Crippen LogP contribution is -2.29. The highest BCUT2D eigenvalue weighted by Crippen LogP contribution is 2.17. The molecule has 0 aliphatic rings. The Morgan fingerprint density at radius 2 is 2.00 bits per heavy atom. The van der Waals surface area contributed by atoms with E-state index in [0.29, 0.717) is 23.9 Å². The molecule has 2 aromatic rings. The van der Waals surface area contributed by atoms with Crippen LogP contribution in [0.5, 0.6) is 5.75 Å². The Morgan fingerprint density at radius 1 is 1.29 bits per heavy atom. The molecular weight excluding hydrogens is 328 g/mol. The minimum absolute atomic E-state index is 0.0456. The van der Waals surface area contributed by atoms with Crippen molar-refractivity contribution >= 4 is 23.2 Å². The SMILES string of the molecule is CCc1ccc(OCCNC(=O)Cc2nc(C)c(C(=O)[O-])s2)cc1. The van der Waals surface area contributed by atoms with Crippen LogP contribution in [0.2, 0.25) is 0 Å². The van der Waals surface area contributed by atoms with Crippen LogP contribution < -0.4 is 15.2 Å². The van der Waals surface area contributed by atoms with Gasteiger partial charge in [0, 0.05) is 0 Å². The maximum absolute atomic E-state index is 11.8. The van der Waals surface area contributed by atoms with E-state index in [4.69, 9.17) is 4.74 Å². The van der Waals surface area contributed by atoms with Gasteiger partial charge in [0.2, 0.25) is 5.91 Å². The van der Waals surface area contributed by atoms with Crippen LogP contribution in [0.3, 0.4) is 0 Å². The van der Waals surface area contributed by atoms with Crippen LogP contribution in [0.25, 0.3) is 0 Å². The largest absolute Gasteiger partial charge is 0.544 e. The average molecular weight is 347 g/mol. The van der Waals surface area contributed by atoms with E-state index >= 15 is 0 Å². The molecule has 0 saturated carbocycles. The number of amides is 1. The number of thiazole rings is 1. The molecule has 1 aromatic carbocycles.